The third-order valence-corrected chi connectivity index (χ3v) is 1.75. The van der Waals surface area contributed by atoms with Crippen molar-refractivity contribution < 1.29 is 66.9 Å². The van der Waals surface area contributed by atoms with Gasteiger partial charge in [0.1, 0.15) is 0 Å². The van der Waals surface area contributed by atoms with Gasteiger partial charge in [-0.05, 0) is 0 Å². The molecule has 3 nitrogen and oxygen atoms in total. The molecule has 0 saturated carbocycles. The molecule has 140 valence electrons. The summed E-state index contributed by atoms with van der Waals surface area (Å²) < 4.78 is 154. The van der Waals surface area contributed by atoms with E-state index in [0.717, 1.165) is 0 Å². The fraction of sp³-hybridized carbons (Fsp3) is 1.00. The quantitative estimate of drug-likeness (QED) is 0.473. The second-order valence-corrected chi connectivity index (χ2v) is 3.67. The van der Waals surface area contributed by atoms with E-state index >= 15 is 0 Å². The molecule has 2 unspecified atom stereocenters. The third-order valence-electron chi connectivity index (χ3n) is 1.75. The molecule has 0 aromatic heterocycles. The first kappa shape index (κ1) is 22.0. The Bertz CT molecular complexity index is 364. The maximum absolute atomic E-state index is 12.9. The lowest BCUT2D eigenvalue weighted by Crippen LogP contribution is -2.52. The fourth-order valence-electron chi connectivity index (χ4n) is 0.923. The summed E-state index contributed by atoms with van der Waals surface area (Å²) in [5, 5.41) is 0. The lowest BCUT2D eigenvalue weighted by atomic mass is 10.3. The smallest absolute Gasteiger partial charge is 0.334 e. The summed E-state index contributed by atoms with van der Waals surface area (Å²) in [4.78, 5) is 0. The minimum absolute atomic E-state index is 2.33. The molecule has 0 aliphatic carbocycles. The molecular formula is C8H6F12O3. The van der Waals surface area contributed by atoms with Crippen LogP contribution in [0.3, 0.4) is 0 Å². The van der Waals surface area contributed by atoms with Crippen molar-refractivity contribution in [1.82, 2.24) is 0 Å². The molecule has 0 heterocycles. The summed E-state index contributed by atoms with van der Waals surface area (Å²) in [5.41, 5.74) is 0. The number of ether oxygens (including phenoxy) is 3. The normalized spacial score (nSPS) is 17.2. The summed E-state index contributed by atoms with van der Waals surface area (Å²) in [6.45, 7) is -5.27. The number of rotatable bonds is 8. The minimum Gasteiger partial charge on any atom is -0.334 e. The van der Waals surface area contributed by atoms with E-state index in [1.807, 2.05) is 0 Å². The van der Waals surface area contributed by atoms with Gasteiger partial charge in [0.05, 0.1) is 0 Å². The van der Waals surface area contributed by atoms with Crippen LogP contribution in [0.1, 0.15) is 0 Å². The zero-order valence-corrected chi connectivity index (χ0v) is 10.3. The lowest BCUT2D eigenvalue weighted by molar-refractivity contribution is -0.438. The first-order valence-corrected chi connectivity index (χ1v) is 5.05. The molecular weight excluding hydrogens is 372 g/mol. The van der Waals surface area contributed by atoms with Crippen molar-refractivity contribution in [1.29, 1.82) is 0 Å². The molecule has 0 spiro atoms. The predicted octanol–water partition coefficient (Wildman–Crippen LogP) is 3.94. The van der Waals surface area contributed by atoms with Crippen molar-refractivity contribution in [2.24, 2.45) is 0 Å². The van der Waals surface area contributed by atoms with Gasteiger partial charge >= 0.3 is 24.6 Å². The predicted molar refractivity (Wildman–Crippen MR) is 44.8 cm³/mol. The van der Waals surface area contributed by atoms with E-state index in [2.05, 4.69) is 14.2 Å². The highest BCUT2D eigenvalue weighted by Crippen LogP contribution is 2.39. The van der Waals surface area contributed by atoms with Crippen LogP contribution in [0.4, 0.5) is 52.7 Å². The Labute approximate surface area is 119 Å². The van der Waals surface area contributed by atoms with Crippen molar-refractivity contribution in [2.75, 3.05) is 13.5 Å². The third kappa shape index (κ3) is 7.43. The molecule has 0 bridgehead atoms. The largest absolute Gasteiger partial charge is 0.445 e. The molecule has 0 aliphatic rings. The molecule has 0 aromatic carbocycles. The monoisotopic (exact) mass is 378 g/mol. The molecule has 0 aliphatic heterocycles. The number of halogens is 12. The van der Waals surface area contributed by atoms with E-state index in [9.17, 15) is 52.7 Å². The van der Waals surface area contributed by atoms with E-state index in [1.165, 1.54) is 0 Å². The SMILES string of the molecule is FCC(F)(F)OC(F)(F)C(OCOC(F)C(F)(F)F)C(F)(F)F. The van der Waals surface area contributed by atoms with Crippen molar-refractivity contribution in [2.45, 2.75) is 37.0 Å². The van der Waals surface area contributed by atoms with Gasteiger partial charge in [-0.1, -0.05) is 0 Å². The molecule has 23 heavy (non-hydrogen) atoms. The maximum atomic E-state index is 12.9. The van der Waals surface area contributed by atoms with Crippen LogP contribution in [0.15, 0.2) is 0 Å². The summed E-state index contributed by atoms with van der Waals surface area (Å²) in [7, 11) is 0. The molecule has 0 fully saturated rings. The molecule has 0 radical (unpaired) electrons. The van der Waals surface area contributed by atoms with Crippen LogP contribution in [0.2, 0.25) is 0 Å². The highest BCUT2D eigenvalue weighted by atomic mass is 19.4. The lowest BCUT2D eigenvalue weighted by Gasteiger charge is -2.30. The Kier molecular flexibility index (Phi) is 6.99. The topological polar surface area (TPSA) is 27.7 Å². The van der Waals surface area contributed by atoms with E-state index in [4.69, 9.17) is 0 Å². The van der Waals surface area contributed by atoms with E-state index < -0.39 is 50.5 Å². The van der Waals surface area contributed by atoms with Crippen LogP contribution in [0.5, 0.6) is 0 Å². The van der Waals surface area contributed by atoms with Gasteiger partial charge in [-0.15, -0.1) is 0 Å². The molecule has 0 aromatic rings. The molecule has 2 atom stereocenters. The van der Waals surface area contributed by atoms with Gasteiger partial charge in [-0.25, -0.2) is 8.78 Å². The van der Waals surface area contributed by atoms with Gasteiger partial charge in [-0.3, -0.25) is 4.74 Å². The first-order valence-electron chi connectivity index (χ1n) is 5.05. The van der Waals surface area contributed by atoms with E-state index in [-0.39, 0.29) is 0 Å². The highest BCUT2D eigenvalue weighted by molar-refractivity contribution is 4.78. The van der Waals surface area contributed by atoms with Crippen molar-refractivity contribution in [3.63, 3.8) is 0 Å². The minimum atomic E-state index is -6.15. The first-order chi connectivity index (χ1) is 10.0. The molecule has 15 heteroatoms. The Morgan fingerprint density at radius 3 is 1.57 bits per heavy atom. The van der Waals surface area contributed by atoms with Gasteiger partial charge in [0.2, 0.25) is 6.10 Å². The number of alkyl halides is 12. The van der Waals surface area contributed by atoms with Gasteiger partial charge in [-0.2, -0.15) is 43.9 Å². The van der Waals surface area contributed by atoms with E-state index in [0.29, 0.717) is 0 Å². The Hall–Kier alpha value is -0.960. The fourth-order valence-corrected chi connectivity index (χ4v) is 0.923. The van der Waals surface area contributed by atoms with Crippen LogP contribution >= 0.6 is 0 Å². The van der Waals surface area contributed by atoms with Gasteiger partial charge in [0.25, 0.3) is 6.36 Å². The zero-order valence-electron chi connectivity index (χ0n) is 10.3. The molecule has 0 N–H and O–H groups in total. The van der Waals surface area contributed by atoms with Gasteiger partial charge < -0.3 is 9.47 Å². The highest BCUT2D eigenvalue weighted by Gasteiger charge is 2.62. The summed E-state index contributed by atoms with van der Waals surface area (Å²) in [6, 6.07) is 0. The average molecular weight is 378 g/mol. The van der Waals surface area contributed by atoms with Crippen molar-refractivity contribution in [3.05, 3.63) is 0 Å². The zero-order chi connectivity index (χ0) is 18.7. The summed E-state index contributed by atoms with van der Waals surface area (Å²) in [6.07, 6.45) is -31.9. The second-order valence-electron chi connectivity index (χ2n) is 3.67. The second kappa shape index (κ2) is 7.29. The molecule has 0 rings (SSSR count). The standard InChI is InChI=1S/C8H6F12O3/c9-1-5(11,12)23-8(19,20)3(6(13,14)15)21-2-22-4(10)7(16,17)18/h3-4H,1-2H2. The molecule has 0 amide bonds. The van der Waals surface area contributed by atoms with Crippen LogP contribution in [0, 0.1) is 0 Å². The number of hydrogen-bond donors (Lipinski definition) is 0. The maximum Gasteiger partial charge on any atom is 0.445 e. The van der Waals surface area contributed by atoms with Crippen LogP contribution in [0.25, 0.3) is 0 Å². The van der Waals surface area contributed by atoms with Crippen LogP contribution in [-0.2, 0) is 14.2 Å². The molecule has 0 saturated heterocycles. The Morgan fingerprint density at radius 1 is 0.739 bits per heavy atom. The van der Waals surface area contributed by atoms with Gasteiger partial charge in [0, 0.05) is 0 Å². The van der Waals surface area contributed by atoms with Crippen LogP contribution < -0.4 is 0 Å². The van der Waals surface area contributed by atoms with Crippen LogP contribution in [-0.4, -0.2) is 50.5 Å². The Balaban J connectivity index is 4.97. The number of hydrogen-bond acceptors (Lipinski definition) is 3. The average Bonchev–Trinajstić information content (AvgIpc) is 2.29. The Morgan fingerprint density at radius 2 is 1.22 bits per heavy atom. The summed E-state index contributed by atoms with van der Waals surface area (Å²) in [5.74, 6) is 0. The van der Waals surface area contributed by atoms with Gasteiger partial charge in [0.15, 0.2) is 13.5 Å². The van der Waals surface area contributed by atoms with E-state index in [1.54, 1.807) is 0 Å². The van der Waals surface area contributed by atoms with Crippen molar-refractivity contribution >= 4 is 0 Å². The summed E-state index contributed by atoms with van der Waals surface area (Å²) >= 11 is 0. The van der Waals surface area contributed by atoms with Crippen molar-refractivity contribution in [3.8, 4) is 0 Å².